The van der Waals surface area contributed by atoms with Crippen LogP contribution in [-0.4, -0.2) is 55.6 Å². The van der Waals surface area contributed by atoms with Crippen molar-refractivity contribution in [1.82, 2.24) is 9.80 Å². The number of likely N-dealkylation sites (N-methyl/N-ethyl adjacent to an activating group) is 2. The Morgan fingerprint density at radius 1 is 1.41 bits per heavy atom. The summed E-state index contributed by atoms with van der Waals surface area (Å²) in [5, 5.41) is 0. The molecule has 0 aromatic rings. The van der Waals surface area contributed by atoms with Crippen molar-refractivity contribution in [3.63, 3.8) is 0 Å². The van der Waals surface area contributed by atoms with Crippen LogP contribution in [0, 0.1) is 5.41 Å². The molecule has 2 atom stereocenters. The predicted molar refractivity (Wildman–Crippen MR) is 75.2 cm³/mol. The van der Waals surface area contributed by atoms with Gasteiger partial charge in [-0.1, -0.05) is 20.8 Å². The summed E-state index contributed by atoms with van der Waals surface area (Å²) in [5.41, 5.74) is 6.33. The average Bonchev–Trinajstić information content (AvgIpc) is 2.23. The van der Waals surface area contributed by atoms with Gasteiger partial charge in [0.1, 0.15) is 0 Å². The van der Waals surface area contributed by atoms with Gasteiger partial charge in [0.2, 0.25) is 0 Å². The van der Waals surface area contributed by atoms with E-state index < -0.39 is 0 Å². The van der Waals surface area contributed by atoms with Gasteiger partial charge in [-0.2, -0.15) is 0 Å². The Morgan fingerprint density at radius 3 is 2.53 bits per heavy atom. The molecule has 102 valence electrons. The van der Waals surface area contributed by atoms with Crippen LogP contribution in [0.2, 0.25) is 0 Å². The molecule has 1 aliphatic heterocycles. The molecule has 0 spiro atoms. The summed E-state index contributed by atoms with van der Waals surface area (Å²) in [7, 11) is 4.48. The standard InChI is InChI=1S/C14H31N3/c1-14(2,3)9-13(10-15)17(5)12-7-6-8-16(4)11-12/h12-13H,6-11,15H2,1-5H3. The summed E-state index contributed by atoms with van der Waals surface area (Å²) in [6.07, 6.45) is 3.82. The topological polar surface area (TPSA) is 32.5 Å². The van der Waals surface area contributed by atoms with Gasteiger partial charge in [-0.3, -0.25) is 4.90 Å². The number of nitrogens with zero attached hydrogens (tertiary/aromatic N) is 2. The average molecular weight is 241 g/mol. The van der Waals surface area contributed by atoms with Crippen molar-refractivity contribution in [1.29, 1.82) is 0 Å². The predicted octanol–water partition coefficient (Wildman–Crippen LogP) is 1.78. The molecule has 1 rings (SSSR count). The third kappa shape index (κ3) is 4.94. The highest BCUT2D eigenvalue weighted by Crippen LogP contribution is 2.25. The molecule has 0 radical (unpaired) electrons. The van der Waals surface area contributed by atoms with Crippen LogP contribution in [0.15, 0.2) is 0 Å². The van der Waals surface area contributed by atoms with Gasteiger partial charge in [-0.15, -0.1) is 0 Å². The number of rotatable bonds is 4. The second-order valence-electron chi connectivity index (χ2n) is 6.88. The van der Waals surface area contributed by atoms with E-state index in [0.717, 1.165) is 6.54 Å². The van der Waals surface area contributed by atoms with E-state index >= 15 is 0 Å². The fourth-order valence-electron chi connectivity index (χ4n) is 2.87. The molecule has 1 fully saturated rings. The molecular weight excluding hydrogens is 210 g/mol. The third-order valence-electron chi connectivity index (χ3n) is 3.87. The minimum Gasteiger partial charge on any atom is -0.329 e. The van der Waals surface area contributed by atoms with E-state index in [0.29, 0.717) is 17.5 Å². The van der Waals surface area contributed by atoms with Crippen LogP contribution in [0.5, 0.6) is 0 Å². The molecule has 2 N–H and O–H groups in total. The van der Waals surface area contributed by atoms with Gasteiger partial charge in [0.05, 0.1) is 0 Å². The van der Waals surface area contributed by atoms with Gasteiger partial charge in [0, 0.05) is 25.2 Å². The van der Waals surface area contributed by atoms with E-state index in [4.69, 9.17) is 5.73 Å². The minimum atomic E-state index is 0.360. The van der Waals surface area contributed by atoms with E-state index in [9.17, 15) is 0 Å². The molecule has 1 heterocycles. The van der Waals surface area contributed by atoms with Crippen molar-refractivity contribution >= 4 is 0 Å². The number of hydrogen-bond donors (Lipinski definition) is 1. The lowest BCUT2D eigenvalue weighted by atomic mass is 9.87. The van der Waals surface area contributed by atoms with Crippen LogP contribution in [0.1, 0.15) is 40.0 Å². The number of piperidine rings is 1. The summed E-state index contributed by atoms with van der Waals surface area (Å²) in [5.74, 6) is 0. The maximum atomic E-state index is 5.97. The Hall–Kier alpha value is -0.120. The van der Waals surface area contributed by atoms with Gasteiger partial charge in [0.25, 0.3) is 0 Å². The fraction of sp³-hybridized carbons (Fsp3) is 1.00. The second kappa shape index (κ2) is 6.17. The first-order chi connectivity index (χ1) is 7.83. The first kappa shape index (κ1) is 14.9. The molecule has 0 aromatic heterocycles. The minimum absolute atomic E-state index is 0.360. The summed E-state index contributed by atoms with van der Waals surface area (Å²) >= 11 is 0. The maximum Gasteiger partial charge on any atom is 0.0223 e. The molecule has 0 aliphatic carbocycles. The van der Waals surface area contributed by atoms with Crippen molar-refractivity contribution in [3.05, 3.63) is 0 Å². The van der Waals surface area contributed by atoms with Crippen LogP contribution in [0.25, 0.3) is 0 Å². The van der Waals surface area contributed by atoms with Crippen molar-refractivity contribution in [2.75, 3.05) is 33.7 Å². The third-order valence-corrected chi connectivity index (χ3v) is 3.87. The first-order valence-electron chi connectivity index (χ1n) is 6.94. The molecule has 3 heteroatoms. The molecule has 1 saturated heterocycles. The molecule has 0 bridgehead atoms. The van der Waals surface area contributed by atoms with Gasteiger partial charge < -0.3 is 10.6 Å². The Balaban J connectivity index is 2.55. The van der Waals surface area contributed by atoms with Crippen LogP contribution in [0.3, 0.4) is 0 Å². The SMILES string of the molecule is CN1CCCC(N(C)C(CN)CC(C)(C)C)C1. The molecular formula is C14H31N3. The van der Waals surface area contributed by atoms with E-state index in [1.54, 1.807) is 0 Å². The lowest BCUT2D eigenvalue weighted by Crippen LogP contribution is -2.51. The smallest absolute Gasteiger partial charge is 0.0223 e. The number of hydrogen-bond acceptors (Lipinski definition) is 3. The van der Waals surface area contributed by atoms with Crippen molar-refractivity contribution in [2.24, 2.45) is 11.1 Å². The van der Waals surface area contributed by atoms with Crippen molar-refractivity contribution < 1.29 is 0 Å². The quantitative estimate of drug-likeness (QED) is 0.814. The van der Waals surface area contributed by atoms with Gasteiger partial charge in [0.15, 0.2) is 0 Å². The highest BCUT2D eigenvalue weighted by atomic mass is 15.2. The molecule has 2 unspecified atom stereocenters. The zero-order valence-electron chi connectivity index (χ0n) is 12.4. The molecule has 3 nitrogen and oxygen atoms in total. The number of likely N-dealkylation sites (tertiary alicyclic amines) is 1. The molecule has 0 aromatic carbocycles. The lowest BCUT2D eigenvalue weighted by molar-refractivity contribution is 0.0821. The molecule has 17 heavy (non-hydrogen) atoms. The van der Waals surface area contributed by atoms with Crippen molar-refractivity contribution in [3.8, 4) is 0 Å². The zero-order valence-corrected chi connectivity index (χ0v) is 12.4. The fourth-order valence-corrected chi connectivity index (χ4v) is 2.87. The van der Waals surface area contributed by atoms with Crippen LogP contribution >= 0.6 is 0 Å². The molecule has 0 amide bonds. The molecule has 1 aliphatic rings. The monoisotopic (exact) mass is 241 g/mol. The zero-order chi connectivity index (χ0) is 13.1. The molecule has 0 saturated carbocycles. The largest absolute Gasteiger partial charge is 0.329 e. The Bertz CT molecular complexity index is 222. The maximum absolute atomic E-state index is 5.97. The summed E-state index contributed by atoms with van der Waals surface area (Å²) < 4.78 is 0. The van der Waals surface area contributed by atoms with E-state index in [1.165, 1.54) is 32.4 Å². The summed E-state index contributed by atoms with van der Waals surface area (Å²) in [6, 6.07) is 1.20. The van der Waals surface area contributed by atoms with Crippen LogP contribution < -0.4 is 5.73 Å². The van der Waals surface area contributed by atoms with Crippen LogP contribution in [0.4, 0.5) is 0 Å². The highest BCUT2D eigenvalue weighted by molar-refractivity contribution is 4.84. The van der Waals surface area contributed by atoms with E-state index in [1.807, 2.05) is 0 Å². The van der Waals surface area contributed by atoms with Gasteiger partial charge in [-0.05, 0) is 45.3 Å². The summed E-state index contributed by atoms with van der Waals surface area (Å²) in [6.45, 7) is 10.1. The Labute approximate surface area is 107 Å². The van der Waals surface area contributed by atoms with Crippen molar-refractivity contribution in [2.45, 2.75) is 52.1 Å². The second-order valence-corrected chi connectivity index (χ2v) is 6.88. The normalized spacial score (nSPS) is 25.2. The van der Waals surface area contributed by atoms with Gasteiger partial charge >= 0.3 is 0 Å². The first-order valence-corrected chi connectivity index (χ1v) is 6.94. The van der Waals surface area contributed by atoms with E-state index in [-0.39, 0.29) is 0 Å². The Kier molecular flexibility index (Phi) is 5.42. The highest BCUT2D eigenvalue weighted by Gasteiger charge is 2.28. The summed E-state index contributed by atoms with van der Waals surface area (Å²) in [4.78, 5) is 4.97. The lowest BCUT2D eigenvalue weighted by Gasteiger charge is -2.41. The Morgan fingerprint density at radius 2 is 2.06 bits per heavy atom. The van der Waals surface area contributed by atoms with Crippen LogP contribution in [-0.2, 0) is 0 Å². The van der Waals surface area contributed by atoms with E-state index in [2.05, 4.69) is 44.7 Å². The number of nitrogens with two attached hydrogens (primary N) is 1. The van der Waals surface area contributed by atoms with Gasteiger partial charge in [-0.25, -0.2) is 0 Å².